The number of rotatable bonds is 18. The van der Waals surface area contributed by atoms with Crippen LogP contribution in [-0.2, 0) is 10.1 Å². The summed E-state index contributed by atoms with van der Waals surface area (Å²) in [4.78, 5) is 0. The Morgan fingerprint density at radius 2 is 1.08 bits per heavy atom. The number of hydrogen-bond donors (Lipinski definition) is 1. The molecule has 0 aliphatic carbocycles. The van der Waals surface area contributed by atoms with E-state index in [-0.39, 0.29) is 41.4 Å². The van der Waals surface area contributed by atoms with E-state index in [0.29, 0.717) is 6.42 Å². The Balaban J connectivity index is 0. The zero-order chi connectivity index (χ0) is 18.1. The van der Waals surface area contributed by atoms with Gasteiger partial charge < -0.3 is 9.66 Å². The second kappa shape index (κ2) is 19.6. The summed E-state index contributed by atoms with van der Waals surface area (Å²) in [6.45, 7) is 2.24. The Morgan fingerprint density at radius 1 is 0.720 bits per heavy atom. The second-order valence-corrected chi connectivity index (χ2v) is 8.61. The van der Waals surface area contributed by atoms with Gasteiger partial charge in [0.05, 0.1) is 16.2 Å². The van der Waals surface area contributed by atoms with E-state index in [0.717, 1.165) is 51.4 Å². The van der Waals surface area contributed by atoms with Gasteiger partial charge in [-0.1, -0.05) is 90.4 Å². The monoisotopic (exact) mass is 386 g/mol. The largest absolute Gasteiger partial charge is 1.00 e. The van der Waals surface area contributed by atoms with E-state index >= 15 is 0 Å². The molecule has 0 saturated carbocycles. The van der Waals surface area contributed by atoms with Crippen LogP contribution in [0.3, 0.4) is 0 Å². The van der Waals surface area contributed by atoms with Gasteiger partial charge in [-0.05, 0) is 19.3 Å². The van der Waals surface area contributed by atoms with Crippen molar-refractivity contribution in [3.8, 4) is 0 Å². The third kappa shape index (κ3) is 24.9. The Kier molecular flexibility index (Phi) is 22.0. The molecule has 0 aliphatic rings. The van der Waals surface area contributed by atoms with Crippen LogP contribution in [0.4, 0.5) is 0 Å². The molecular weight excluding hydrogens is 347 g/mol. The average molecular weight is 387 g/mol. The molecule has 146 valence electrons. The van der Waals surface area contributed by atoms with Crippen molar-refractivity contribution in [3.05, 3.63) is 0 Å². The number of unbranched alkanes of at least 4 members (excludes halogenated alkanes) is 12. The fraction of sp³-hybridized carbons (Fsp3) is 1.00. The zero-order valence-corrected chi connectivity index (χ0v) is 19.5. The molecule has 0 bridgehead atoms. The van der Waals surface area contributed by atoms with Crippen LogP contribution in [0.2, 0.25) is 0 Å². The molecule has 0 aromatic carbocycles. The van der Waals surface area contributed by atoms with Gasteiger partial charge in [0.15, 0.2) is 0 Å². The first-order valence-corrected chi connectivity index (χ1v) is 11.6. The molecule has 0 heterocycles. The molecule has 0 aliphatic heterocycles. The third-order valence-corrected chi connectivity index (χ3v) is 5.36. The van der Waals surface area contributed by atoms with Gasteiger partial charge in [0.25, 0.3) is 0 Å². The van der Waals surface area contributed by atoms with Crippen molar-refractivity contribution < 1.29 is 47.6 Å². The molecule has 25 heavy (non-hydrogen) atoms. The molecule has 1 unspecified atom stereocenters. The van der Waals surface area contributed by atoms with Crippen LogP contribution >= 0.6 is 0 Å². The summed E-state index contributed by atoms with van der Waals surface area (Å²) >= 11 is 0. The molecule has 0 amide bonds. The minimum Gasteiger partial charge on any atom is -0.748 e. The molecule has 1 atom stereocenters. The Bertz CT molecular complexity index is 360. The third-order valence-electron chi connectivity index (χ3n) is 4.57. The molecule has 6 heteroatoms. The van der Waals surface area contributed by atoms with Crippen molar-refractivity contribution in [2.24, 2.45) is 0 Å². The first-order chi connectivity index (χ1) is 11.5. The fourth-order valence-corrected chi connectivity index (χ4v) is 3.58. The summed E-state index contributed by atoms with van der Waals surface area (Å²) in [5.74, 6) is -0.232. The molecule has 1 N–H and O–H groups in total. The number of aliphatic hydroxyl groups excluding tert-OH is 1. The van der Waals surface area contributed by atoms with E-state index in [2.05, 4.69) is 6.92 Å². The smallest absolute Gasteiger partial charge is 0.748 e. The van der Waals surface area contributed by atoms with Crippen LogP contribution in [-0.4, -0.2) is 29.9 Å². The van der Waals surface area contributed by atoms with Crippen LogP contribution < -0.4 is 29.6 Å². The van der Waals surface area contributed by atoms with Crippen molar-refractivity contribution in [1.29, 1.82) is 0 Å². The molecule has 0 aromatic heterocycles. The van der Waals surface area contributed by atoms with Crippen molar-refractivity contribution in [2.75, 3.05) is 5.75 Å². The molecule has 0 rings (SSSR count). The summed E-state index contributed by atoms with van der Waals surface area (Å²) in [7, 11) is -4.04. The Morgan fingerprint density at radius 3 is 1.48 bits per heavy atom. The standard InChI is InChI=1S/C19H40O4S.Na/c1-2-3-4-5-6-7-10-13-16-19(20)17-14-11-8-9-12-15-18-24(21,22)23;/h19-20H,2-18H2,1H3,(H,21,22,23);/q;+1/p-1. The summed E-state index contributed by atoms with van der Waals surface area (Å²) < 4.78 is 31.3. The molecular formula is C19H39NaO4S. The maximum Gasteiger partial charge on any atom is 1.00 e. The van der Waals surface area contributed by atoms with Gasteiger partial charge in [0.1, 0.15) is 0 Å². The molecule has 0 aromatic rings. The van der Waals surface area contributed by atoms with Gasteiger partial charge in [0, 0.05) is 5.75 Å². The Labute approximate surface area is 178 Å². The summed E-state index contributed by atoms with van der Waals surface area (Å²) in [5, 5.41) is 9.95. The molecule has 0 saturated heterocycles. The van der Waals surface area contributed by atoms with Crippen LogP contribution in [0.15, 0.2) is 0 Å². The summed E-state index contributed by atoms with van der Waals surface area (Å²) in [6, 6.07) is 0. The predicted octanol–water partition coefficient (Wildman–Crippen LogP) is 2.16. The normalized spacial score (nSPS) is 12.8. The van der Waals surface area contributed by atoms with Crippen molar-refractivity contribution in [1.82, 2.24) is 0 Å². The van der Waals surface area contributed by atoms with E-state index in [4.69, 9.17) is 0 Å². The number of hydrogen-bond acceptors (Lipinski definition) is 4. The first-order valence-electron chi connectivity index (χ1n) is 10.1. The van der Waals surface area contributed by atoms with E-state index in [1.165, 1.54) is 44.9 Å². The molecule has 0 fully saturated rings. The molecule has 4 nitrogen and oxygen atoms in total. The van der Waals surface area contributed by atoms with Gasteiger partial charge in [-0.15, -0.1) is 0 Å². The second-order valence-electron chi connectivity index (χ2n) is 7.09. The van der Waals surface area contributed by atoms with E-state index < -0.39 is 10.1 Å². The predicted molar refractivity (Wildman–Crippen MR) is 100 cm³/mol. The minimum absolute atomic E-state index is 0. The van der Waals surface area contributed by atoms with Gasteiger partial charge >= 0.3 is 29.6 Å². The van der Waals surface area contributed by atoms with E-state index in [9.17, 15) is 18.1 Å². The van der Waals surface area contributed by atoms with E-state index in [1.807, 2.05) is 0 Å². The van der Waals surface area contributed by atoms with Crippen molar-refractivity contribution in [2.45, 2.75) is 116 Å². The maximum absolute atomic E-state index is 10.4. The van der Waals surface area contributed by atoms with Crippen LogP contribution in [0.5, 0.6) is 0 Å². The quantitative estimate of drug-likeness (QED) is 0.222. The average Bonchev–Trinajstić information content (AvgIpc) is 2.51. The fourth-order valence-electron chi connectivity index (χ4n) is 3.02. The summed E-state index contributed by atoms with van der Waals surface area (Å²) in [6.07, 6.45) is 17.5. The van der Waals surface area contributed by atoms with Gasteiger partial charge in [0.2, 0.25) is 0 Å². The van der Waals surface area contributed by atoms with Gasteiger partial charge in [-0.2, -0.15) is 0 Å². The van der Waals surface area contributed by atoms with Crippen molar-refractivity contribution in [3.63, 3.8) is 0 Å². The molecule has 0 radical (unpaired) electrons. The van der Waals surface area contributed by atoms with Gasteiger partial charge in [-0.25, -0.2) is 8.42 Å². The van der Waals surface area contributed by atoms with Crippen LogP contribution in [0, 0.1) is 0 Å². The summed E-state index contributed by atoms with van der Waals surface area (Å²) in [5.41, 5.74) is 0. The first kappa shape index (κ1) is 28.1. The Hall–Kier alpha value is 0.870. The van der Waals surface area contributed by atoms with Crippen molar-refractivity contribution >= 4 is 10.1 Å². The van der Waals surface area contributed by atoms with Gasteiger partial charge in [-0.3, -0.25) is 0 Å². The number of aliphatic hydroxyl groups is 1. The maximum atomic E-state index is 10.4. The minimum atomic E-state index is -4.04. The molecule has 0 spiro atoms. The van der Waals surface area contributed by atoms with Crippen LogP contribution in [0.25, 0.3) is 0 Å². The topological polar surface area (TPSA) is 77.4 Å². The zero-order valence-electron chi connectivity index (χ0n) is 16.7. The SMILES string of the molecule is CCCCCCCCCCC(O)CCCCCCCCS(=O)(=O)[O-].[Na+]. The van der Waals surface area contributed by atoms with E-state index in [1.54, 1.807) is 0 Å². The van der Waals surface area contributed by atoms with Crippen LogP contribution in [0.1, 0.15) is 110 Å².